The van der Waals surface area contributed by atoms with E-state index >= 15 is 0 Å². The van der Waals surface area contributed by atoms with Crippen LogP contribution >= 0.6 is 15.9 Å². The molecule has 56 heavy (non-hydrogen) atoms. The topological polar surface area (TPSA) is 67.9 Å². The van der Waals surface area contributed by atoms with Crippen LogP contribution in [0.3, 0.4) is 0 Å². The Morgan fingerprint density at radius 1 is 0.625 bits per heavy atom. The highest BCUT2D eigenvalue weighted by atomic mass is 79.9. The molecule has 0 amide bonds. The van der Waals surface area contributed by atoms with Gasteiger partial charge in [0.15, 0.2) is 0 Å². The van der Waals surface area contributed by atoms with E-state index in [4.69, 9.17) is 9.47 Å². The summed E-state index contributed by atoms with van der Waals surface area (Å²) in [6.45, 7) is 12.0. The monoisotopic (exact) mass is 853 g/mol. The normalized spacial score (nSPS) is 15.3. The number of alkyl halides is 1. The molecule has 0 bridgehead atoms. The number of nitrogens with one attached hydrogen (secondary N) is 1. The van der Waals surface area contributed by atoms with E-state index in [1.807, 2.05) is 0 Å². The minimum atomic E-state index is -0.0106. The average Bonchev–Trinajstić information content (AvgIpc) is 3.57. The van der Waals surface area contributed by atoms with Crippen molar-refractivity contribution < 1.29 is 19.1 Å². The van der Waals surface area contributed by atoms with Crippen LogP contribution in [0.5, 0.6) is 0 Å². The number of carbonyl (C=O) groups excluding carboxylic acids is 2. The van der Waals surface area contributed by atoms with Crippen LogP contribution in [-0.2, 0) is 19.1 Å². The molecule has 0 aromatic rings. The lowest BCUT2D eigenvalue weighted by Gasteiger charge is -2.26. The minimum Gasteiger partial charge on any atom is -0.466 e. The number of esters is 2. The third kappa shape index (κ3) is 33.8. The molecule has 0 radical (unpaired) electrons. The first kappa shape index (κ1) is 52.9. The lowest BCUT2D eigenvalue weighted by atomic mass is 9.86. The quantitative estimate of drug-likeness (QED) is 0.0374. The van der Waals surface area contributed by atoms with Gasteiger partial charge in [0.25, 0.3) is 0 Å². The van der Waals surface area contributed by atoms with Gasteiger partial charge in [-0.3, -0.25) is 9.59 Å². The summed E-state index contributed by atoms with van der Waals surface area (Å²) < 4.78 is 11.5. The van der Waals surface area contributed by atoms with E-state index in [1.165, 1.54) is 154 Å². The smallest absolute Gasteiger partial charge is 0.306 e. The van der Waals surface area contributed by atoms with Crippen molar-refractivity contribution in [3.8, 4) is 0 Å². The highest BCUT2D eigenvalue weighted by Crippen LogP contribution is 2.32. The van der Waals surface area contributed by atoms with Gasteiger partial charge in [-0.1, -0.05) is 178 Å². The highest BCUT2D eigenvalue weighted by Gasteiger charge is 2.27. The van der Waals surface area contributed by atoms with E-state index in [-0.39, 0.29) is 18.0 Å². The Balaban J connectivity index is 1.98. The van der Waals surface area contributed by atoms with Crippen LogP contribution in [0.1, 0.15) is 239 Å². The molecule has 0 aliphatic carbocycles. The standard InChI is InChI=1S/C49H93BrN2O4/c1-4-6-8-10-16-24-33-46(34-25-17-11-9-7-5-2)56-48(54)36-27-19-15-22-30-40-51-41-32-42-52-43-38-49(3,45-52)37-28-20-12-13-23-31-44-55-47(53)35-26-18-14-21-29-39-50/h38,43,46,51H,4-37,39-42,44-45H2,1-3H3. The molecule has 0 fully saturated rings. The molecule has 0 aromatic carbocycles. The Morgan fingerprint density at radius 3 is 1.75 bits per heavy atom. The van der Waals surface area contributed by atoms with Gasteiger partial charge in [0.1, 0.15) is 6.10 Å². The molecule has 1 heterocycles. The maximum Gasteiger partial charge on any atom is 0.306 e. The van der Waals surface area contributed by atoms with Gasteiger partial charge in [-0.15, -0.1) is 0 Å². The van der Waals surface area contributed by atoms with E-state index in [2.05, 4.69) is 59.2 Å². The molecule has 0 saturated carbocycles. The molecule has 1 aliphatic heterocycles. The van der Waals surface area contributed by atoms with Crippen LogP contribution in [0.4, 0.5) is 0 Å². The van der Waals surface area contributed by atoms with Crippen LogP contribution in [-0.4, -0.2) is 61.1 Å². The van der Waals surface area contributed by atoms with Gasteiger partial charge in [-0.05, 0) is 89.9 Å². The fourth-order valence-corrected chi connectivity index (χ4v) is 8.45. The predicted molar refractivity (Wildman–Crippen MR) is 245 cm³/mol. The molecule has 1 rings (SSSR count). The number of ether oxygens (including phenoxy) is 2. The Morgan fingerprint density at radius 2 is 1.12 bits per heavy atom. The molecule has 0 spiro atoms. The zero-order valence-corrected chi connectivity index (χ0v) is 39.1. The number of unbranched alkanes of at least 4 members (excludes halogenated alkanes) is 23. The van der Waals surface area contributed by atoms with Crippen molar-refractivity contribution in [1.82, 2.24) is 10.2 Å². The van der Waals surface area contributed by atoms with Crippen molar-refractivity contribution in [3.05, 3.63) is 12.3 Å². The molecule has 7 heteroatoms. The maximum atomic E-state index is 12.7. The molecular weight excluding hydrogens is 760 g/mol. The predicted octanol–water partition coefficient (Wildman–Crippen LogP) is 14.6. The van der Waals surface area contributed by atoms with Crippen molar-refractivity contribution in [2.45, 2.75) is 245 Å². The average molecular weight is 854 g/mol. The molecule has 1 unspecified atom stereocenters. The Bertz CT molecular complexity index is 901. The third-order valence-corrected chi connectivity index (χ3v) is 12.3. The summed E-state index contributed by atoms with van der Waals surface area (Å²) in [5, 5.41) is 4.74. The van der Waals surface area contributed by atoms with E-state index in [1.54, 1.807) is 0 Å². The van der Waals surface area contributed by atoms with Crippen LogP contribution < -0.4 is 5.32 Å². The Hall–Kier alpha value is -1.08. The molecular formula is C49H93BrN2O4. The number of nitrogens with zero attached hydrogens (tertiary/aromatic N) is 1. The van der Waals surface area contributed by atoms with Crippen molar-refractivity contribution >= 4 is 27.9 Å². The molecule has 0 aromatic heterocycles. The highest BCUT2D eigenvalue weighted by molar-refractivity contribution is 9.09. The van der Waals surface area contributed by atoms with Crippen molar-refractivity contribution in [3.63, 3.8) is 0 Å². The zero-order valence-electron chi connectivity index (χ0n) is 37.5. The second-order valence-corrected chi connectivity index (χ2v) is 18.4. The first-order valence-electron chi connectivity index (χ1n) is 24.5. The number of hydrogen-bond donors (Lipinski definition) is 1. The second kappa shape index (κ2) is 39.4. The van der Waals surface area contributed by atoms with E-state index in [0.717, 1.165) is 82.9 Å². The lowest BCUT2D eigenvalue weighted by molar-refractivity contribution is -0.150. The van der Waals surface area contributed by atoms with E-state index in [9.17, 15) is 9.59 Å². The Labute approximate surface area is 356 Å². The lowest BCUT2D eigenvalue weighted by Crippen LogP contribution is -2.28. The summed E-state index contributed by atoms with van der Waals surface area (Å²) in [4.78, 5) is 27.1. The zero-order chi connectivity index (χ0) is 40.6. The maximum absolute atomic E-state index is 12.7. The SMILES string of the molecule is CCCCCCCCC(CCCCCCCC)OC(=O)CCCCCCCNCCCN1C=CC(C)(CCCCCCCCOC(=O)CCCCCCCBr)C1. The number of carbonyl (C=O) groups is 2. The molecule has 1 atom stereocenters. The van der Waals surface area contributed by atoms with E-state index in [0.29, 0.717) is 24.9 Å². The van der Waals surface area contributed by atoms with Crippen LogP contribution in [0.25, 0.3) is 0 Å². The van der Waals surface area contributed by atoms with Crippen molar-refractivity contribution in [2.24, 2.45) is 5.41 Å². The summed E-state index contributed by atoms with van der Waals surface area (Å²) in [7, 11) is 0. The van der Waals surface area contributed by atoms with Gasteiger partial charge in [-0.25, -0.2) is 0 Å². The first-order valence-corrected chi connectivity index (χ1v) is 25.6. The van der Waals surface area contributed by atoms with Gasteiger partial charge in [-0.2, -0.15) is 0 Å². The largest absolute Gasteiger partial charge is 0.466 e. The van der Waals surface area contributed by atoms with Gasteiger partial charge < -0.3 is 19.7 Å². The second-order valence-electron chi connectivity index (χ2n) is 17.6. The van der Waals surface area contributed by atoms with Gasteiger partial charge in [0, 0.05) is 36.7 Å². The molecule has 330 valence electrons. The molecule has 6 nitrogen and oxygen atoms in total. The molecule has 1 aliphatic rings. The summed E-state index contributed by atoms with van der Waals surface area (Å²) >= 11 is 3.47. The van der Waals surface area contributed by atoms with E-state index < -0.39 is 0 Å². The minimum absolute atomic E-state index is 0.0106. The van der Waals surface area contributed by atoms with Crippen molar-refractivity contribution in [2.75, 3.05) is 38.1 Å². The van der Waals surface area contributed by atoms with Gasteiger partial charge in [0.05, 0.1) is 6.61 Å². The number of hydrogen-bond acceptors (Lipinski definition) is 6. The fourth-order valence-electron chi connectivity index (χ4n) is 8.05. The Kier molecular flexibility index (Phi) is 37.2. The number of halogens is 1. The summed E-state index contributed by atoms with van der Waals surface area (Å²) in [5.74, 6) is 0.0298. The summed E-state index contributed by atoms with van der Waals surface area (Å²) in [6, 6.07) is 0. The number of rotatable bonds is 43. The van der Waals surface area contributed by atoms with Crippen molar-refractivity contribution in [1.29, 1.82) is 0 Å². The summed E-state index contributed by atoms with van der Waals surface area (Å²) in [5.41, 5.74) is 0.315. The van der Waals surface area contributed by atoms with Gasteiger partial charge >= 0.3 is 11.9 Å². The molecule has 0 saturated heterocycles. The fraction of sp³-hybridized carbons (Fsp3) is 0.918. The van der Waals surface area contributed by atoms with Crippen LogP contribution in [0.15, 0.2) is 12.3 Å². The third-order valence-electron chi connectivity index (χ3n) is 11.8. The molecule has 1 N–H and O–H groups in total. The summed E-state index contributed by atoms with van der Waals surface area (Å²) in [6.07, 6.45) is 45.0. The first-order chi connectivity index (χ1) is 27.4. The van der Waals surface area contributed by atoms with Crippen LogP contribution in [0.2, 0.25) is 0 Å². The van der Waals surface area contributed by atoms with Gasteiger partial charge in [0.2, 0.25) is 0 Å². The van der Waals surface area contributed by atoms with Crippen LogP contribution in [0, 0.1) is 5.41 Å².